The van der Waals surface area contributed by atoms with E-state index in [9.17, 15) is 4.79 Å². The smallest absolute Gasteiger partial charge is 0.357 e. The molecule has 0 unspecified atom stereocenters. The van der Waals surface area contributed by atoms with Crippen LogP contribution in [0.5, 0.6) is 0 Å². The van der Waals surface area contributed by atoms with Crippen LogP contribution < -0.4 is 0 Å². The second-order valence-electron chi connectivity index (χ2n) is 5.94. The summed E-state index contributed by atoms with van der Waals surface area (Å²) in [5, 5.41) is 5.30. The van der Waals surface area contributed by atoms with Gasteiger partial charge in [-0.15, -0.1) is 0 Å². The molecule has 2 heterocycles. The largest absolute Gasteiger partial charge is 0.461 e. The zero-order valence-corrected chi connectivity index (χ0v) is 14.6. The van der Waals surface area contributed by atoms with Gasteiger partial charge in [0.2, 0.25) is 0 Å². The number of hydrogen-bond acceptors (Lipinski definition) is 4. The van der Waals surface area contributed by atoms with Crippen molar-refractivity contribution in [3.8, 4) is 22.6 Å². The average molecular weight is 346 g/mol. The summed E-state index contributed by atoms with van der Waals surface area (Å²) in [6, 6.07) is 15.6. The molecule has 6 nitrogen and oxygen atoms in total. The highest BCUT2D eigenvalue weighted by Gasteiger charge is 2.21. The molecule has 4 aromatic rings. The van der Waals surface area contributed by atoms with E-state index < -0.39 is 5.97 Å². The molecule has 0 bridgehead atoms. The lowest BCUT2D eigenvalue weighted by Crippen LogP contribution is -2.06. The Bertz CT molecular complexity index is 1080. The van der Waals surface area contributed by atoms with Gasteiger partial charge in [-0.1, -0.05) is 42.5 Å². The normalized spacial score (nSPS) is 11.0. The third-order valence-electron chi connectivity index (χ3n) is 4.25. The first-order chi connectivity index (χ1) is 12.7. The van der Waals surface area contributed by atoms with Gasteiger partial charge in [0.25, 0.3) is 0 Å². The van der Waals surface area contributed by atoms with Gasteiger partial charge in [0.1, 0.15) is 11.5 Å². The Hall–Kier alpha value is -3.41. The topological polar surface area (TPSA) is 72.8 Å². The minimum absolute atomic E-state index is 0.304. The lowest BCUT2D eigenvalue weighted by molar-refractivity contribution is 0.0521. The second-order valence-corrected chi connectivity index (χ2v) is 5.94. The standard InChI is InChI=1S/C20H18N4O2/c1-3-26-20(25)18-17(22-19(23-18)13-7-5-4-6-8-13)14-9-10-15-12-21-24(2)16(15)11-14/h4-12H,3H2,1-2H3,(H,22,23). The van der Waals surface area contributed by atoms with Crippen molar-refractivity contribution >= 4 is 16.9 Å². The van der Waals surface area contributed by atoms with Crippen LogP contribution >= 0.6 is 0 Å². The molecule has 0 radical (unpaired) electrons. The molecule has 0 atom stereocenters. The molecule has 6 heteroatoms. The van der Waals surface area contributed by atoms with Crippen LogP contribution in [0.15, 0.2) is 54.7 Å². The molecular weight excluding hydrogens is 328 g/mol. The first kappa shape index (κ1) is 16.1. The monoisotopic (exact) mass is 346 g/mol. The number of carbonyl (C=O) groups excluding carboxylic acids is 1. The molecular formula is C20H18N4O2. The van der Waals surface area contributed by atoms with Crippen LogP contribution in [0, 0.1) is 0 Å². The average Bonchev–Trinajstić information content (AvgIpc) is 3.27. The quantitative estimate of drug-likeness (QED) is 0.570. The van der Waals surface area contributed by atoms with Crippen molar-refractivity contribution in [3.05, 3.63) is 60.4 Å². The van der Waals surface area contributed by atoms with Crippen LogP contribution in [0.4, 0.5) is 0 Å². The van der Waals surface area contributed by atoms with Crippen molar-refractivity contribution in [2.75, 3.05) is 6.61 Å². The van der Waals surface area contributed by atoms with Crippen molar-refractivity contribution < 1.29 is 9.53 Å². The molecule has 26 heavy (non-hydrogen) atoms. The molecule has 0 spiro atoms. The summed E-state index contributed by atoms with van der Waals surface area (Å²) >= 11 is 0. The molecule has 0 saturated carbocycles. The van der Waals surface area contributed by atoms with Crippen molar-refractivity contribution in [2.45, 2.75) is 6.92 Å². The molecule has 0 aliphatic carbocycles. The Balaban J connectivity index is 1.88. The van der Waals surface area contributed by atoms with Gasteiger partial charge >= 0.3 is 5.97 Å². The Labute approximate surface area is 150 Å². The number of aromatic nitrogens is 4. The van der Waals surface area contributed by atoms with Crippen LogP contribution in [-0.2, 0) is 11.8 Å². The third kappa shape index (κ3) is 2.75. The van der Waals surface area contributed by atoms with E-state index in [4.69, 9.17) is 4.74 Å². The second kappa shape index (κ2) is 6.48. The number of nitrogens with one attached hydrogen (secondary N) is 1. The predicted molar refractivity (Wildman–Crippen MR) is 99.7 cm³/mol. The first-order valence-corrected chi connectivity index (χ1v) is 8.42. The van der Waals surface area contributed by atoms with Crippen molar-refractivity contribution in [1.82, 2.24) is 19.7 Å². The maximum Gasteiger partial charge on any atom is 0.357 e. The van der Waals surface area contributed by atoms with Gasteiger partial charge < -0.3 is 9.72 Å². The summed E-state index contributed by atoms with van der Waals surface area (Å²) in [5.74, 6) is 0.219. The summed E-state index contributed by atoms with van der Waals surface area (Å²) in [7, 11) is 1.89. The number of rotatable bonds is 4. The zero-order valence-electron chi connectivity index (χ0n) is 14.6. The van der Waals surface area contributed by atoms with Gasteiger partial charge in [0.05, 0.1) is 18.3 Å². The van der Waals surface area contributed by atoms with Gasteiger partial charge in [0, 0.05) is 23.6 Å². The highest BCUT2D eigenvalue weighted by atomic mass is 16.5. The van der Waals surface area contributed by atoms with E-state index in [1.807, 2.05) is 61.8 Å². The van der Waals surface area contributed by atoms with Crippen LogP contribution in [0.3, 0.4) is 0 Å². The van der Waals surface area contributed by atoms with E-state index in [-0.39, 0.29) is 0 Å². The lowest BCUT2D eigenvalue weighted by atomic mass is 10.1. The summed E-state index contributed by atoms with van der Waals surface area (Å²) in [6.07, 6.45) is 1.81. The summed E-state index contributed by atoms with van der Waals surface area (Å²) in [6.45, 7) is 2.09. The summed E-state index contributed by atoms with van der Waals surface area (Å²) < 4.78 is 7.01. The Kier molecular flexibility index (Phi) is 4.01. The minimum atomic E-state index is -0.415. The van der Waals surface area contributed by atoms with E-state index in [1.165, 1.54) is 0 Å². The maximum atomic E-state index is 12.5. The van der Waals surface area contributed by atoms with Gasteiger partial charge in [0.15, 0.2) is 5.69 Å². The molecule has 4 rings (SSSR count). The Morgan fingerprint density at radius 1 is 1.15 bits per heavy atom. The van der Waals surface area contributed by atoms with Crippen LogP contribution in [0.1, 0.15) is 17.4 Å². The lowest BCUT2D eigenvalue weighted by Gasteiger charge is -2.03. The molecule has 0 saturated heterocycles. The summed E-state index contributed by atoms with van der Waals surface area (Å²) in [5.41, 5.74) is 3.65. The molecule has 2 aromatic heterocycles. The van der Waals surface area contributed by atoms with E-state index >= 15 is 0 Å². The van der Waals surface area contributed by atoms with E-state index in [2.05, 4.69) is 15.1 Å². The fourth-order valence-corrected chi connectivity index (χ4v) is 2.96. The molecule has 0 fully saturated rings. The fraction of sp³-hybridized carbons (Fsp3) is 0.150. The molecule has 0 aliphatic rings. The predicted octanol–water partition coefficient (Wildman–Crippen LogP) is 3.81. The fourth-order valence-electron chi connectivity index (χ4n) is 2.96. The Morgan fingerprint density at radius 2 is 1.96 bits per heavy atom. The van der Waals surface area contributed by atoms with Gasteiger partial charge in [-0.3, -0.25) is 4.68 Å². The molecule has 130 valence electrons. The number of aryl methyl sites for hydroxylation is 1. The van der Waals surface area contributed by atoms with Gasteiger partial charge in [-0.25, -0.2) is 9.78 Å². The molecule has 1 N–H and O–H groups in total. The van der Waals surface area contributed by atoms with Crippen molar-refractivity contribution in [2.24, 2.45) is 7.05 Å². The number of imidazole rings is 1. The van der Waals surface area contributed by atoms with Crippen LogP contribution in [0.25, 0.3) is 33.5 Å². The van der Waals surface area contributed by atoms with Crippen LogP contribution in [0.2, 0.25) is 0 Å². The summed E-state index contributed by atoms with van der Waals surface area (Å²) in [4.78, 5) is 20.3. The number of H-pyrrole nitrogens is 1. The number of fused-ring (bicyclic) bond motifs is 1. The highest BCUT2D eigenvalue weighted by Crippen LogP contribution is 2.29. The molecule has 0 aliphatic heterocycles. The number of carbonyl (C=O) groups is 1. The highest BCUT2D eigenvalue weighted by molar-refractivity contribution is 5.96. The first-order valence-electron chi connectivity index (χ1n) is 8.42. The van der Waals surface area contributed by atoms with E-state index in [0.29, 0.717) is 23.8 Å². The van der Waals surface area contributed by atoms with Gasteiger partial charge in [-0.05, 0) is 13.0 Å². The number of benzene rings is 2. The third-order valence-corrected chi connectivity index (χ3v) is 4.25. The molecule has 2 aromatic carbocycles. The van der Waals surface area contributed by atoms with Crippen molar-refractivity contribution in [3.63, 3.8) is 0 Å². The number of hydrogen-bond donors (Lipinski definition) is 1. The van der Waals surface area contributed by atoms with Crippen molar-refractivity contribution in [1.29, 1.82) is 0 Å². The number of nitrogens with zero attached hydrogens (tertiary/aromatic N) is 3. The number of esters is 1. The maximum absolute atomic E-state index is 12.5. The van der Waals surface area contributed by atoms with E-state index in [0.717, 1.165) is 22.0 Å². The van der Waals surface area contributed by atoms with Gasteiger partial charge in [-0.2, -0.15) is 5.10 Å². The van der Waals surface area contributed by atoms with E-state index in [1.54, 1.807) is 11.6 Å². The zero-order chi connectivity index (χ0) is 18.1. The number of aromatic amines is 1. The minimum Gasteiger partial charge on any atom is -0.461 e. The number of ether oxygens (including phenoxy) is 1. The SMILES string of the molecule is CCOC(=O)c1[nH]c(-c2ccccc2)nc1-c1ccc2cnn(C)c2c1. The molecule has 0 amide bonds. The Morgan fingerprint density at radius 3 is 2.73 bits per heavy atom. The van der Waals surface area contributed by atoms with Crippen LogP contribution in [-0.4, -0.2) is 32.3 Å².